The van der Waals surface area contributed by atoms with Gasteiger partial charge in [-0.05, 0) is 43.5 Å². The van der Waals surface area contributed by atoms with Crippen LogP contribution in [0.5, 0.6) is 0 Å². The van der Waals surface area contributed by atoms with Crippen LogP contribution in [0.3, 0.4) is 0 Å². The first kappa shape index (κ1) is 16.5. The maximum atomic E-state index is 12.4. The van der Waals surface area contributed by atoms with Crippen LogP contribution in [0.1, 0.15) is 23.5 Å². The number of carbonyl (C=O) groups is 1. The molecule has 3 N–H and O–H groups in total. The number of imidazole rings is 1. The summed E-state index contributed by atoms with van der Waals surface area (Å²) in [6, 6.07) is 8.33. The van der Waals surface area contributed by atoms with Crippen LogP contribution >= 0.6 is 11.3 Å². The number of amides is 1. The quantitative estimate of drug-likeness (QED) is 0.740. The summed E-state index contributed by atoms with van der Waals surface area (Å²) >= 11 is 1.34. The van der Waals surface area contributed by atoms with Crippen LogP contribution < -0.4 is 11.1 Å². The fourth-order valence-electron chi connectivity index (χ4n) is 2.23. The van der Waals surface area contributed by atoms with Crippen molar-refractivity contribution in [2.75, 3.05) is 11.1 Å². The number of rotatable bonds is 4. The van der Waals surface area contributed by atoms with Crippen molar-refractivity contribution in [1.82, 2.24) is 8.96 Å². The van der Waals surface area contributed by atoms with Gasteiger partial charge in [-0.25, -0.2) is 17.4 Å². The lowest BCUT2D eigenvalue weighted by molar-refractivity contribution is 0.103. The second kappa shape index (κ2) is 5.91. The number of nitrogen functional groups attached to an aromatic ring is 1. The normalized spacial score (nSPS) is 12.0. The Balaban J connectivity index is 2.01. The number of nitrogens with two attached hydrogens (primary N) is 1. The first-order chi connectivity index (χ1) is 11.3. The first-order valence-electron chi connectivity index (χ1n) is 7.18. The number of aromatic nitrogens is 2. The molecule has 9 heteroatoms. The second-order valence-corrected chi connectivity index (χ2v) is 8.75. The molecule has 0 bridgehead atoms. The molecule has 0 atom stereocenters. The molecule has 24 heavy (non-hydrogen) atoms. The largest absolute Gasteiger partial charge is 0.368 e. The lowest BCUT2D eigenvalue weighted by Crippen LogP contribution is -2.23. The predicted molar refractivity (Wildman–Crippen MR) is 95.9 cm³/mol. The van der Waals surface area contributed by atoms with Crippen LogP contribution in [0, 0.1) is 0 Å². The second-order valence-electron chi connectivity index (χ2n) is 5.46. The molecule has 0 aliphatic carbocycles. The molecular formula is C15H16N4O3S2. The van der Waals surface area contributed by atoms with E-state index in [1.165, 1.54) is 11.3 Å². The molecule has 2 heterocycles. The minimum atomic E-state index is -3.62. The van der Waals surface area contributed by atoms with Gasteiger partial charge in [0.2, 0.25) is 16.0 Å². The van der Waals surface area contributed by atoms with Crippen LogP contribution in [-0.2, 0) is 10.0 Å². The zero-order valence-electron chi connectivity index (χ0n) is 13.1. The molecule has 2 aromatic heterocycles. The van der Waals surface area contributed by atoms with Crippen molar-refractivity contribution in [3.05, 3.63) is 40.6 Å². The minimum absolute atomic E-state index is 0.0968. The maximum Gasteiger partial charge on any atom is 0.265 e. The van der Waals surface area contributed by atoms with Crippen molar-refractivity contribution < 1.29 is 13.2 Å². The van der Waals surface area contributed by atoms with Gasteiger partial charge in [-0.1, -0.05) is 6.07 Å². The van der Waals surface area contributed by atoms with E-state index in [-0.39, 0.29) is 11.9 Å². The molecule has 0 fully saturated rings. The molecule has 126 valence electrons. The van der Waals surface area contributed by atoms with Gasteiger partial charge in [-0.3, -0.25) is 4.79 Å². The van der Waals surface area contributed by atoms with E-state index in [1.54, 1.807) is 44.2 Å². The van der Waals surface area contributed by atoms with Gasteiger partial charge in [0.05, 0.1) is 21.2 Å². The topological polar surface area (TPSA) is 107 Å². The Hall–Kier alpha value is -2.39. The summed E-state index contributed by atoms with van der Waals surface area (Å²) in [6.45, 7) is 3.16. The molecule has 0 radical (unpaired) electrons. The van der Waals surface area contributed by atoms with Gasteiger partial charge in [0.1, 0.15) is 0 Å². The third-order valence-electron chi connectivity index (χ3n) is 3.49. The summed E-state index contributed by atoms with van der Waals surface area (Å²) in [7, 11) is -3.62. The van der Waals surface area contributed by atoms with Crippen LogP contribution in [0.2, 0.25) is 0 Å². The summed E-state index contributed by atoms with van der Waals surface area (Å²) < 4.78 is 25.9. The number of fused-ring (bicyclic) bond motifs is 1. The molecule has 1 amide bonds. The molecule has 7 nitrogen and oxygen atoms in total. The van der Waals surface area contributed by atoms with Crippen molar-refractivity contribution in [3.8, 4) is 0 Å². The Kier molecular flexibility index (Phi) is 4.06. The maximum absolute atomic E-state index is 12.4. The highest BCUT2D eigenvalue weighted by Gasteiger charge is 2.24. The van der Waals surface area contributed by atoms with Gasteiger partial charge in [-0.15, -0.1) is 11.3 Å². The van der Waals surface area contributed by atoms with E-state index in [2.05, 4.69) is 10.3 Å². The van der Waals surface area contributed by atoms with E-state index in [4.69, 9.17) is 5.73 Å². The lowest BCUT2D eigenvalue weighted by atomic mass is 10.2. The van der Waals surface area contributed by atoms with E-state index < -0.39 is 15.3 Å². The van der Waals surface area contributed by atoms with E-state index in [1.807, 2.05) is 5.38 Å². The van der Waals surface area contributed by atoms with Crippen molar-refractivity contribution in [2.24, 2.45) is 0 Å². The number of nitrogens with one attached hydrogen (secondary N) is 1. The third-order valence-corrected chi connectivity index (χ3v) is 6.44. The predicted octanol–water partition coefficient (Wildman–Crippen LogP) is 2.52. The van der Waals surface area contributed by atoms with Crippen molar-refractivity contribution in [2.45, 2.75) is 19.1 Å². The molecule has 0 unspecified atom stereocenters. The van der Waals surface area contributed by atoms with Crippen LogP contribution in [0.15, 0.2) is 35.7 Å². The summed E-state index contributed by atoms with van der Waals surface area (Å²) in [5.41, 5.74) is 7.10. The minimum Gasteiger partial charge on any atom is -0.368 e. The van der Waals surface area contributed by atoms with Crippen LogP contribution in [0.4, 0.5) is 11.6 Å². The standard InChI is InChI=1S/C15H16N4O3S2/c1-9(2)24(21,22)19-12-6-5-10(8-11(12)18-15(19)16)17-14(20)13-4-3-7-23-13/h3-9H,1-2H3,(H2,16,18)(H,17,20). The average molecular weight is 364 g/mol. The molecule has 3 aromatic rings. The molecule has 0 saturated carbocycles. The molecule has 0 aliphatic heterocycles. The highest BCUT2D eigenvalue weighted by molar-refractivity contribution is 7.90. The van der Waals surface area contributed by atoms with Crippen LogP contribution in [-0.4, -0.2) is 28.5 Å². The number of hydrogen-bond acceptors (Lipinski definition) is 6. The highest BCUT2D eigenvalue weighted by atomic mass is 32.2. The smallest absolute Gasteiger partial charge is 0.265 e. The van der Waals surface area contributed by atoms with Gasteiger partial charge < -0.3 is 11.1 Å². The average Bonchev–Trinajstić information content (AvgIpc) is 3.13. The van der Waals surface area contributed by atoms with E-state index >= 15 is 0 Å². The van der Waals surface area contributed by atoms with E-state index in [0.717, 1.165) is 3.97 Å². The highest BCUT2D eigenvalue weighted by Crippen LogP contribution is 2.25. The number of anilines is 2. The Bertz CT molecular complexity index is 1000. The van der Waals surface area contributed by atoms with Gasteiger partial charge in [0.15, 0.2) is 0 Å². The SMILES string of the molecule is CC(C)S(=O)(=O)n1c(N)nc2cc(NC(=O)c3cccs3)ccc21. The Labute approximate surface area is 143 Å². The van der Waals surface area contributed by atoms with Gasteiger partial charge in [0.25, 0.3) is 5.91 Å². The fraction of sp³-hybridized carbons (Fsp3) is 0.200. The summed E-state index contributed by atoms with van der Waals surface area (Å²) in [4.78, 5) is 16.8. The number of carbonyl (C=O) groups excluding carboxylic acids is 1. The van der Waals surface area contributed by atoms with E-state index in [9.17, 15) is 13.2 Å². The zero-order chi connectivity index (χ0) is 17.5. The monoisotopic (exact) mass is 364 g/mol. The Morgan fingerprint density at radius 1 is 1.33 bits per heavy atom. The number of benzene rings is 1. The Morgan fingerprint density at radius 3 is 2.71 bits per heavy atom. The molecule has 0 aliphatic rings. The molecule has 1 aromatic carbocycles. The Morgan fingerprint density at radius 2 is 2.08 bits per heavy atom. The molecule has 3 rings (SSSR count). The van der Waals surface area contributed by atoms with Crippen LogP contribution in [0.25, 0.3) is 11.0 Å². The van der Waals surface area contributed by atoms with E-state index in [0.29, 0.717) is 21.6 Å². The summed E-state index contributed by atoms with van der Waals surface area (Å²) in [5.74, 6) is -0.327. The number of thiophene rings is 1. The molecule has 0 saturated heterocycles. The summed E-state index contributed by atoms with van der Waals surface area (Å²) in [5, 5.41) is 3.95. The third kappa shape index (κ3) is 2.76. The number of nitrogens with zero attached hydrogens (tertiary/aromatic N) is 2. The van der Waals surface area contributed by atoms with Crippen molar-refractivity contribution in [1.29, 1.82) is 0 Å². The first-order valence-corrected chi connectivity index (χ1v) is 9.56. The van der Waals surface area contributed by atoms with Gasteiger partial charge in [0, 0.05) is 5.69 Å². The number of hydrogen-bond donors (Lipinski definition) is 2. The zero-order valence-corrected chi connectivity index (χ0v) is 14.7. The van der Waals surface area contributed by atoms with Gasteiger partial charge >= 0.3 is 0 Å². The summed E-state index contributed by atoms with van der Waals surface area (Å²) in [6.07, 6.45) is 0. The molecule has 0 spiro atoms. The van der Waals surface area contributed by atoms with Gasteiger partial charge in [-0.2, -0.15) is 0 Å². The lowest BCUT2D eigenvalue weighted by Gasteiger charge is -2.11. The van der Waals surface area contributed by atoms with Crippen molar-refractivity contribution in [3.63, 3.8) is 0 Å². The molecular weight excluding hydrogens is 348 g/mol. The fourth-order valence-corrected chi connectivity index (χ4v) is 4.00. The van der Waals surface area contributed by atoms with Crippen molar-refractivity contribution >= 4 is 49.9 Å².